The summed E-state index contributed by atoms with van der Waals surface area (Å²) in [6, 6.07) is 0.447. The summed E-state index contributed by atoms with van der Waals surface area (Å²) in [5.41, 5.74) is 0. The van der Waals surface area contributed by atoms with E-state index in [2.05, 4.69) is 36.1 Å². The molecule has 22 heavy (non-hydrogen) atoms. The number of nitrogens with one attached hydrogen (secondary N) is 3. The molecule has 2 aromatic rings. The van der Waals surface area contributed by atoms with Gasteiger partial charge in [0.25, 0.3) is 0 Å². The number of carbonyl (C=O) groups is 1. The highest BCUT2D eigenvalue weighted by molar-refractivity contribution is 7.99. The molecule has 1 aliphatic carbocycles. The summed E-state index contributed by atoms with van der Waals surface area (Å²) in [5, 5.41) is 23.4. The molecule has 0 atom stereocenters. The fraction of sp³-hybridized carbons (Fsp3) is 0.636. The molecule has 1 amide bonds. The number of aryl methyl sites for hydroxylation is 1. The highest BCUT2D eigenvalue weighted by Gasteiger charge is 2.27. The van der Waals surface area contributed by atoms with Gasteiger partial charge in [-0.25, -0.2) is 0 Å². The molecular formula is C11H16N8OS2. The molecule has 0 aliphatic heterocycles. The molecule has 2 heterocycles. The van der Waals surface area contributed by atoms with E-state index < -0.39 is 0 Å². The zero-order valence-corrected chi connectivity index (χ0v) is 13.4. The van der Waals surface area contributed by atoms with Crippen molar-refractivity contribution >= 4 is 29.9 Å². The van der Waals surface area contributed by atoms with Crippen LogP contribution in [-0.2, 0) is 17.8 Å². The van der Waals surface area contributed by atoms with Gasteiger partial charge < -0.3 is 5.32 Å². The maximum absolute atomic E-state index is 11.8. The lowest BCUT2D eigenvalue weighted by molar-refractivity contribution is -0.118. The smallest absolute Gasteiger partial charge is 0.230 e. The lowest BCUT2D eigenvalue weighted by Gasteiger charge is -2.06. The van der Waals surface area contributed by atoms with Crippen LogP contribution in [0.15, 0.2) is 0 Å². The van der Waals surface area contributed by atoms with Crippen molar-refractivity contribution < 1.29 is 4.79 Å². The molecule has 3 N–H and O–H groups in total. The van der Waals surface area contributed by atoms with Gasteiger partial charge in [-0.2, -0.15) is 22.1 Å². The fourth-order valence-corrected chi connectivity index (χ4v) is 3.08. The van der Waals surface area contributed by atoms with Crippen LogP contribution in [0, 0.1) is 4.77 Å². The van der Waals surface area contributed by atoms with Crippen molar-refractivity contribution in [2.24, 2.45) is 0 Å². The van der Waals surface area contributed by atoms with Gasteiger partial charge in [0, 0.05) is 18.2 Å². The minimum absolute atomic E-state index is 0.0191. The van der Waals surface area contributed by atoms with E-state index in [0.717, 1.165) is 24.4 Å². The van der Waals surface area contributed by atoms with E-state index in [9.17, 15) is 4.79 Å². The molecule has 118 valence electrons. The van der Waals surface area contributed by atoms with Gasteiger partial charge >= 0.3 is 0 Å². The Balaban J connectivity index is 1.38. The molecule has 11 heteroatoms. The zero-order valence-electron chi connectivity index (χ0n) is 11.8. The summed E-state index contributed by atoms with van der Waals surface area (Å²) in [5.74, 6) is 2.60. The number of nitrogens with zero attached hydrogens (tertiary/aromatic N) is 5. The Hall–Kier alpha value is -1.75. The Bertz CT molecular complexity index is 675. The topological polar surface area (TPSA) is 117 Å². The summed E-state index contributed by atoms with van der Waals surface area (Å²) >= 11 is 6.74. The van der Waals surface area contributed by atoms with Crippen molar-refractivity contribution in [3.05, 3.63) is 16.4 Å². The molecule has 1 aliphatic rings. The minimum atomic E-state index is -0.0191. The highest BCUT2D eigenvalue weighted by atomic mass is 32.2. The van der Waals surface area contributed by atoms with Crippen LogP contribution >= 0.6 is 24.0 Å². The van der Waals surface area contributed by atoms with Crippen molar-refractivity contribution in [3.8, 4) is 0 Å². The summed E-state index contributed by atoms with van der Waals surface area (Å²) in [6.45, 7) is 0.397. The molecule has 1 saturated carbocycles. The quantitative estimate of drug-likeness (QED) is 0.470. The summed E-state index contributed by atoms with van der Waals surface area (Å²) < 4.78 is 2.63. The summed E-state index contributed by atoms with van der Waals surface area (Å²) in [6.07, 6.45) is 2.94. The van der Waals surface area contributed by atoms with Gasteiger partial charge in [0.15, 0.2) is 16.4 Å². The Morgan fingerprint density at radius 1 is 1.45 bits per heavy atom. The molecule has 0 aromatic carbocycles. The SMILES string of the molecule is O=C(CSCCc1nn[nH]n1)NCc1n[nH]c(=S)n1C1CC1. The molecule has 0 unspecified atom stereocenters. The van der Waals surface area contributed by atoms with Gasteiger partial charge in [-0.15, -0.1) is 10.2 Å². The second kappa shape index (κ2) is 7.01. The van der Waals surface area contributed by atoms with Crippen LogP contribution < -0.4 is 5.32 Å². The van der Waals surface area contributed by atoms with Gasteiger partial charge in [0.05, 0.1) is 12.3 Å². The number of aromatic amines is 2. The first-order chi connectivity index (χ1) is 10.7. The number of H-pyrrole nitrogens is 2. The Morgan fingerprint density at radius 3 is 3.05 bits per heavy atom. The molecular weight excluding hydrogens is 324 g/mol. The van der Waals surface area contributed by atoms with Gasteiger partial charge in [-0.3, -0.25) is 14.5 Å². The predicted molar refractivity (Wildman–Crippen MR) is 82.7 cm³/mol. The van der Waals surface area contributed by atoms with Crippen LogP contribution in [0.1, 0.15) is 30.5 Å². The molecule has 9 nitrogen and oxygen atoms in total. The molecule has 1 fully saturated rings. The standard InChI is InChI=1S/C11H16N8OS2/c20-10(6-22-4-3-8-13-17-18-14-8)12-5-9-15-16-11(21)19(9)7-1-2-7/h7H,1-6H2,(H,12,20)(H,16,21)(H,13,14,17,18). The van der Waals surface area contributed by atoms with Gasteiger partial charge in [-0.1, -0.05) is 5.21 Å². The average molecular weight is 340 g/mol. The molecule has 3 rings (SSSR count). The monoisotopic (exact) mass is 340 g/mol. The second-order valence-electron chi connectivity index (χ2n) is 4.95. The molecule has 0 radical (unpaired) electrons. The maximum Gasteiger partial charge on any atom is 0.230 e. The molecule has 0 saturated heterocycles. The van der Waals surface area contributed by atoms with E-state index >= 15 is 0 Å². The normalized spacial score (nSPS) is 14.2. The first kappa shape index (κ1) is 15.2. The fourth-order valence-electron chi connectivity index (χ4n) is 2.02. The van der Waals surface area contributed by atoms with Crippen LogP contribution in [0.25, 0.3) is 0 Å². The van der Waals surface area contributed by atoms with Gasteiger partial charge in [-0.05, 0) is 25.1 Å². The number of carbonyl (C=O) groups excluding carboxylic acids is 1. The molecule has 2 aromatic heterocycles. The van der Waals surface area contributed by atoms with Crippen LogP contribution in [0.4, 0.5) is 0 Å². The lowest BCUT2D eigenvalue weighted by Crippen LogP contribution is -2.26. The second-order valence-corrected chi connectivity index (χ2v) is 6.45. The third-order valence-corrected chi connectivity index (χ3v) is 4.47. The van der Waals surface area contributed by atoms with E-state index in [-0.39, 0.29) is 5.91 Å². The zero-order chi connectivity index (χ0) is 15.4. The largest absolute Gasteiger partial charge is 0.348 e. The molecule has 0 bridgehead atoms. The molecule has 0 spiro atoms. The Labute approximate surface area is 135 Å². The Morgan fingerprint density at radius 2 is 2.32 bits per heavy atom. The third-order valence-electron chi connectivity index (χ3n) is 3.23. The number of amides is 1. The first-order valence-corrected chi connectivity index (χ1v) is 8.53. The van der Waals surface area contributed by atoms with Gasteiger partial charge in [0.1, 0.15) is 0 Å². The Kier molecular flexibility index (Phi) is 4.83. The van der Waals surface area contributed by atoms with Crippen LogP contribution in [0.3, 0.4) is 0 Å². The number of rotatable bonds is 8. The number of hydrogen-bond donors (Lipinski definition) is 3. The number of tetrazole rings is 1. The van der Waals surface area contributed by atoms with E-state index in [1.807, 2.05) is 4.57 Å². The van der Waals surface area contributed by atoms with Crippen molar-refractivity contribution in [1.29, 1.82) is 0 Å². The third kappa shape index (κ3) is 3.91. The van der Waals surface area contributed by atoms with Crippen molar-refractivity contribution in [1.82, 2.24) is 40.7 Å². The van der Waals surface area contributed by atoms with Crippen LogP contribution in [-0.4, -0.2) is 52.8 Å². The minimum Gasteiger partial charge on any atom is -0.348 e. The van der Waals surface area contributed by atoms with Crippen molar-refractivity contribution in [3.63, 3.8) is 0 Å². The van der Waals surface area contributed by atoms with Crippen molar-refractivity contribution in [2.75, 3.05) is 11.5 Å². The first-order valence-electron chi connectivity index (χ1n) is 6.96. The van der Waals surface area contributed by atoms with E-state index in [0.29, 0.717) is 35.4 Å². The van der Waals surface area contributed by atoms with Crippen LogP contribution in [0.2, 0.25) is 0 Å². The lowest BCUT2D eigenvalue weighted by atomic mass is 10.5. The number of thioether (sulfide) groups is 1. The van der Waals surface area contributed by atoms with E-state index in [1.165, 1.54) is 11.8 Å². The maximum atomic E-state index is 11.8. The average Bonchev–Trinajstić information content (AvgIpc) is 3.07. The van der Waals surface area contributed by atoms with Crippen LogP contribution in [0.5, 0.6) is 0 Å². The van der Waals surface area contributed by atoms with Crippen molar-refractivity contribution in [2.45, 2.75) is 31.8 Å². The van der Waals surface area contributed by atoms with E-state index in [4.69, 9.17) is 12.2 Å². The van der Waals surface area contributed by atoms with Gasteiger partial charge in [0.2, 0.25) is 5.91 Å². The summed E-state index contributed by atoms with van der Waals surface area (Å²) in [7, 11) is 0. The number of aromatic nitrogens is 7. The number of hydrogen-bond acceptors (Lipinski definition) is 7. The highest BCUT2D eigenvalue weighted by Crippen LogP contribution is 2.35. The van der Waals surface area contributed by atoms with E-state index in [1.54, 1.807) is 0 Å². The predicted octanol–water partition coefficient (Wildman–Crippen LogP) is 0.381. The summed E-state index contributed by atoms with van der Waals surface area (Å²) in [4.78, 5) is 11.8.